The van der Waals surface area contributed by atoms with Gasteiger partial charge in [0.05, 0.1) is 13.2 Å². The Bertz CT molecular complexity index is 245. The summed E-state index contributed by atoms with van der Waals surface area (Å²) in [5.74, 6) is 0. The second-order valence-corrected chi connectivity index (χ2v) is 4.95. The van der Waals surface area contributed by atoms with E-state index in [0.29, 0.717) is 6.61 Å². The summed E-state index contributed by atoms with van der Waals surface area (Å²) >= 11 is 0. The molecule has 0 bridgehead atoms. The molecule has 100 valence electrons. The number of nitrogens with zero attached hydrogens (tertiary/aromatic N) is 1. The molecule has 0 aromatic heterocycles. The molecule has 1 amide bonds. The van der Waals surface area contributed by atoms with Crippen molar-refractivity contribution in [3.63, 3.8) is 0 Å². The molecule has 1 heterocycles. The second-order valence-electron chi connectivity index (χ2n) is 4.95. The van der Waals surface area contributed by atoms with Gasteiger partial charge in [-0.2, -0.15) is 0 Å². The third-order valence-electron chi connectivity index (χ3n) is 2.47. The highest BCUT2D eigenvalue weighted by atomic mass is 17.2. The van der Waals surface area contributed by atoms with Gasteiger partial charge in [-0.15, -0.1) is 0 Å². The Hall–Kier alpha value is -0.850. The summed E-state index contributed by atoms with van der Waals surface area (Å²) in [6, 6.07) is 0. The number of hydrogen-bond donors (Lipinski definition) is 1. The van der Waals surface area contributed by atoms with Crippen molar-refractivity contribution in [1.82, 2.24) is 4.90 Å². The van der Waals surface area contributed by atoms with E-state index in [2.05, 4.69) is 0 Å². The molecule has 17 heavy (non-hydrogen) atoms. The first-order valence-corrected chi connectivity index (χ1v) is 5.78. The van der Waals surface area contributed by atoms with Crippen LogP contribution in [0.2, 0.25) is 0 Å². The van der Waals surface area contributed by atoms with Crippen molar-refractivity contribution in [3.8, 4) is 0 Å². The van der Waals surface area contributed by atoms with Gasteiger partial charge in [0.2, 0.25) is 0 Å². The van der Waals surface area contributed by atoms with Crippen molar-refractivity contribution < 1.29 is 24.4 Å². The Labute approximate surface area is 101 Å². The Morgan fingerprint density at radius 3 is 2.71 bits per heavy atom. The molecule has 1 saturated heterocycles. The highest BCUT2D eigenvalue weighted by Crippen LogP contribution is 2.15. The molecule has 6 nitrogen and oxygen atoms in total. The molecule has 0 aromatic rings. The van der Waals surface area contributed by atoms with Gasteiger partial charge in [-0.1, -0.05) is 0 Å². The molecule has 0 saturated carbocycles. The highest BCUT2D eigenvalue weighted by Gasteiger charge is 2.28. The molecule has 1 rings (SSSR count). The SMILES string of the molecule is CC(C)(C)N(CCO)C(=O)OCC1CCOO1. The van der Waals surface area contributed by atoms with Crippen LogP contribution in [0, 0.1) is 0 Å². The number of aliphatic hydroxyl groups excluding tert-OH is 1. The van der Waals surface area contributed by atoms with Gasteiger partial charge < -0.3 is 14.7 Å². The summed E-state index contributed by atoms with van der Waals surface area (Å²) in [5, 5.41) is 8.93. The first-order valence-electron chi connectivity index (χ1n) is 5.78. The smallest absolute Gasteiger partial charge is 0.410 e. The summed E-state index contributed by atoms with van der Waals surface area (Å²) in [5.41, 5.74) is -0.382. The average molecular weight is 247 g/mol. The van der Waals surface area contributed by atoms with E-state index < -0.39 is 6.09 Å². The summed E-state index contributed by atoms with van der Waals surface area (Å²) in [7, 11) is 0. The molecular weight excluding hydrogens is 226 g/mol. The van der Waals surface area contributed by atoms with Crippen LogP contribution in [0.25, 0.3) is 0 Å². The standard InChI is InChI=1S/C11H21NO5/c1-11(2,3)12(5-6-13)10(14)15-8-9-4-7-16-17-9/h9,13H,4-8H2,1-3H3. The van der Waals surface area contributed by atoms with Crippen molar-refractivity contribution in [3.05, 3.63) is 0 Å². The summed E-state index contributed by atoms with van der Waals surface area (Å²) < 4.78 is 5.14. The van der Waals surface area contributed by atoms with E-state index in [0.717, 1.165) is 6.42 Å². The van der Waals surface area contributed by atoms with Crippen LogP contribution in [0.1, 0.15) is 27.2 Å². The van der Waals surface area contributed by atoms with Crippen LogP contribution < -0.4 is 0 Å². The Morgan fingerprint density at radius 1 is 1.53 bits per heavy atom. The van der Waals surface area contributed by atoms with Crippen molar-refractivity contribution in [2.75, 3.05) is 26.4 Å². The summed E-state index contributed by atoms with van der Waals surface area (Å²) in [6.45, 7) is 6.54. The zero-order valence-electron chi connectivity index (χ0n) is 10.6. The van der Waals surface area contributed by atoms with Gasteiger partial charge >= 0.3 is 6.09 Å². The number of amides is 1. The van der Waals surface area contributed by atoms with Crippen molar-refractivity contribution in [2.45, 2.75) is 38.8 Å². The third-order valence-corrected chi connectivity index (χ3v) is 2.47. The van der Waals surface area contributed by atoms with Gasteiger partial charge in [0.25, 0.3) is 0 Å². The van der Waals surface area contributed by atoms with E-state index in [4.69, 9.17) is 19.6 Å². The number of aliphatic hydroxyl groups is 1. The van der Waals surface area contributed by atoms with Gasteiger partial charge in [0, 0.05) is 18.5 Å². The minimum absolute atomic E-state index is 0.0879. The lowest BCUT2D eigenvalue weighted by Crippen LogP contribution is -2.47. The zero-order chi connectivity index (χ0) is 12.9. The quantitative estimate of drug-likeness (QED) is 0.749. The number of β-amino-alcohol motifs (C(OH)–C–C–N with tert-alkyl or cyclic N) is 1. The number of carbonyl (C=O) groups excluding carboxylic acids is 1. The minimum atomic E-state index is -0.443. The fraction of sp³-hybridized carbons (Fsp3) is 0.909. The van der Waals surface area contributed by atoms with E-state index >= 15 is 0 Å². The van der Waals surface area contributed by atoms with E-state index in [1.165, 1.54) is 4.90 Å². The maximum absolute atomic E-state index is 11.8. The molecule has 6 heteroatoms. The van der Waals surface area contributed by atoms with E-state index in [1.54, 1.807) is 0 Å². The molecule has 0 radical (unpaired) electrons. The van der Waals surface area contributed by atoms with Crippen molar-refractivity contribution in [2.24, 2.45) is 0 Å². The van der Waals surface area contributed by atoms with Crippen molar-refractivity contribution in [1.29, 1.82) is 0 Å². The fourth-order valence-electron chi connectivity index (χ4n) is 1.53. The van der Waals surface area contributed by atoms with E-state index in [-0.39, 0.29) is 31.4 Å². The maximum atomic E-state index is 11.8. The molecule has 0 aromatic carbocycles. The lowest BCUT2D eigenvalue weighted by Gasteiger charge is -2.34. The number of ether oxygens (including phenoxy) is 1. The van der Waals surface area contributed by atoms with E-state index in [1.807, 2.05) is 20.8 Å². The molecule has 0 aliphatic carbocycles. The molecule has 1 N–H and O–H groups in total. The fourth-order valence-corrected chi connectivity index (χ4v) is 1.53. The molecular formula is C11H21NO5. The predicted molar refractivity (Wildman–Crippen MR) is 60.3 cm³/mol. The Kier molecular flexibility index (Phi) is 5.17. The van der Waals surface area contributed by atoms with E-state index in [9.17, 15) is 4.79 Å². The largest absolute Gasteiger partial charge is 0.447 e. The van der Waals surface area contributed by atoms with Gasteiger partial charge in [-0.25, -0.2) is 14.6 Å². The minimum Gasteiger partial charge on any atom is -0.447 e. The third kappa shape index (κ3) is 4.49. The summed E-state index contributed by atoms with van der Waals surface area (Å²) in [4.78, 5) is 22.9. The molecule has 1 aliphatic rings. The Balaban J connectivity index is 2.41. The molecule has 1 unspecified atom stereocenters. The topological polar surface area (TPSA) is 68.2 Å². The number of rotatable bonds is 4. The van der Waals surface area contributed by atoms with Crippen LogP contribution >= 0.6 is 0 Å². The van der Waals surface area contributed by atoms with Crippen LogP contribution in [0.15, 0.2) is 0 Å². The monoisotopic (exact) mass is 247 g/mol. The predicted octanol–water partition coefficient (Wildman–Crippen LogP) is 0.936. The molecule has 1 atom stereocenters. The van der Waals surface area contributed by atoms with Gasteiger partial charge in [-0.05, 0) is 20.8 Å². The summed E-state index contributed by atoms with van der Waals surface area (Å²) in [6.07, 6.45) is 0.0972. The Morgan fingerprint density at radius 2 is 2.24 bits per heavy atom. The molecule has 1 fully saturated rings. The number of hydrogen-bond acceptors (Lipinski definition) is 5. The van der Waals surface area contributed by atoms with Crippen LogP contribution in [0.4, 0.5) is 4.79 Å². The highest BCUT2D eigenvalue weighted by molar-refractivity contribution is 5.68. The first kappa shape index (κ1) is 14.2. The van der Waals surface area contributed by atoms with Crippen LogP contribution in [-0.2, 0) is 14.5 Å². The lowest BCUT2D eigenvalue weighted by molar-refractivity contribution is -0.278. The maximum Gasteiger partial charge on any atom is 0.410 e. The molecule has 1 aliphatic heterocycles. The normalized spacial score (nSPS) is 20.4. The van der Waals surface area contributed by atoms with Crippen LogP contribution in [0.5, 0.6) is 0 Å². The van der Waals surface area contributed by atoms with Gasteiger partial charge in [-0.3, -0.25) is 0 Å². The number of carbonyl (C=O) groups is 1. The first-order chi connectivity index (χ1) is 7.95. The van der Waals surface area contributed by atoms with Crippen molar-refractivity contribution >= 4 is 6.09 Å². The lowest BCUT2D eigenvalue weighted by atomic mass is 10.1. The van der Waals surface area contributed by atoms with Crippen LogP contribution in [-0.4, -0.2) is 54.1 Å². The van der Waals surface area contributed by atoms with Gasteiger partial charge in [0.1, 0.15) is 12.7 Å². The van der Waals surface area contributed by atoms with Crippen LogP contribution in [0.3, 0.4) is 0 Å². The zero-order valence-corrected chi connectivity index (χ0v) is 10.6. The average Bonchev–Trinajstić information content (AvgIpc) is 2.73. The molecule has 0 spiro atoms. The van der Waals surface area contributed by atoms with Gasteiger partial charge in [0.15, 0.2) is 0 Å². The second kappa shape index (κ2) is 6.18.